The number of nitrogens with two attached hydrogens (primary N) is 1. The van der Waals surface area contributed by atoms with E-state index in [2.05, 4.69) is 16.7 Å². The summed E-state index contributed by atoms with van der Waals surface area (Å²) < 4.78 is 13.9. The molecule has 0 aliphatic carbocycles. The van der Waals surface area contributed by atoms with Crippen LogP contribution in [0, 0.1) is 11.2 Å². The van der Waals surface area contributed by atoms with E-state index in [0.29, 0.717) is 43.3 Å². The van der Waals surface area contributed by atoms with Gasteiger partial charge >= 0.3 is 0 Å². The molecule has 3 rings (SSSR count). The molecule has 1 atom stereocenters. The van der Waals surface area contributed by atoms with E-state index in [4.69, 9.17) is 17.3 Å². The lowest BCUT2D eigenvalue weighted by Gasteiger charge is -2.35. The van der Waals surface area contributed by atoms with Gasteiger partial charge < -0.3 is 10.6 Å². The molecule has 5 nitrogen and oxygen atoms in total. The predicted octanol–water partition coefficient (Wildman–Crippen LogP) is 1.79. The number of carbonyl (C=O) groups excluding carboxylic acids is 1. The highest BCUT2D eigenvalue weighted by Crippen LogP contribution is 2.28. The van der Waals surface area contributed by atoms with Crippen LogP contribution in [-0.4, -0.2) is 73.0 Å². The largest absolute Gasteiger partial charge is 0.339 e. The van der Waals surface area contributed by atoms with Crippen molar-refractivity contribution in [1.29, 1.82) is 0 Å². The molecule has 0 bridgehead atoms. The molecule has 1 amide bonds. The maximum atomic E-state index is 13.9. The molecule has 2 aliphatic rings. The number of hydrogen-bond acceptors (Lipinski definition) is 4. The second-order valence-corrected chi connectivity index (χ2v) is 8.24. The molecule has 0 saturated carbocycles. The quantitative estimate of drug-likeness (QED) is 0.843. The minimum atomic E-state index is -0.270. The van der Waals surface area contributed by atoms with Crippen LogP contribution in [0.15, 0.2) is 18.2 Å². The molecule has 0 spiro atoms. The van der Waals surface area contributed by atoms with Crippen molar-refractivity contribution in [3.05, 3.63) is 34.6 Å². The number of halogens is 2. The lowest BCUT2D eigenvalue weighted by atomic mass is 9.90. The van der Waals surface area contributed by atoms with E-state index in [1.807, 2.05) is 4.90 Å². The highest BCUT2D eigenvalue weighted by atomic mass is 35.5. The van der Waals surface area contributed by atoms with E-state index in [1.165, 1.54) is 6.07 Å². The van der Waals surface area contributed by atoms with E-state index in [0.717, 1.165) is 32.6 Å². The maximum absolute atomic E-state index is 13.9. The first-order chi connectivity index (χ1) is 12.4. The molecule has 26 heavy (non-hydrogen) atoms. The van der Waals surface area contributed by atoms with Crippen LogP contribution in [0.5, 0.6) is 0 Å². The summed E-state index contributed by atoms with van der Waals surface area (Å²) >= 11 is 6.11. The molecule has 2 saturated heterocycles. The summed E-state index contributed by atoms with van der Waals surface area (Å²) in [7, 11) is 0. The van der Waals surface area contributed by atoms with Gasteiger partial charge in [0.05, 0.1) is 6.54 Å². The highest BCUT2D eigenvalue weighted by Gasteiger charge is 2.34. The lowest BCUT2D eigenvalue weighted by molar-refractivity contribution is -0.134. The minimum Gasteiger partial charge on any atom is -0.339 e. The Bertz CT molecular complexity index is 630. The molecule has 2 aliphatic heterocycles. The van der Waals surface area contributed by atoms with Gasteiger partial charge in [-0.25, -0.2) is 4.39 Å². The van der Waals surface area contributed by atoms with Crippen molar-refractivity contribution in [2.75, 3.05) is 52.4 Å². The van der Waals surface area contributed by atoms with Crippen molar-refractivity contribution >= 4 is 17.5 Å². The SMILES string of the molecule is CC1(CN)CCN(CC(=O)N2CCN(Cc3c(F)cccc3Cl)CC2)C1. The van der Waals surface area contributed by atoms with Crippen LogP contribution in [-0.2, 0) is 11.3 Å². The molecule has 7 heteroatoms. The van der Waals surface area contributed by atoms with Gasteiger partial charge in [0.2, 0.25) is 5.91 Å². The average Bonchev–Trinajstić information content (AvgIpc) is 3.00. The molecular formula is C19H28ClFN4O. The highest BCUT2D eigenvalue weighted by molar-refractivity contribution is 6.31. The Morgan fingerprint density at radius 2 is 1.96 bits per heavy atom. The van der Waals surface area contributed by atoms with Crippen LogP contribution in [0.4, 0.5) is 4.39 Å². The zero-order chi connectivity index (χ0) is 18.7. The van der Waals surface area contributed by atoms with Gasteiger partial charge in [-0.2, -0.15) is 0 Å². The molecule has 1 aromatic carbocycles. The van der Waals surface area contributed by atoms with Crippen molar-refractivity contribution in [3.8, 4) is 0 Å². The van der Waals surface area contributed by atoms with Gasteiger partial charge in [-0.3, -0.25) is 14.6 Å². The van der Waals surface area contributed by atoms with Gasteiger partial charge in [0.1, 0.15) is 5.82 Å². The summed E-state index contributed by atoms with van der Waals surface area (Å²) in [5.74, 6) is -0.0946. The van der Waals surface area contributed by atoms with Gasteiger partial charge in [-0.1, -0.05) is 24.6 Å². The van der Waals surface area contributed by atoms with Crippen molar-refractivity contribution in [3.63, 3.8) is 0 Å². The van der Waals surface area contributed by atoms with Gasteiger partial charge in [-0.15, -0.1) is 0 Å². The monoisotopic (exact) mass is 382 g/mol. The summed E-state index contributed by atoms with van der Waals surface area (Å²) in [5, 5.41) is 0.459. The molecule has 144 valence electrons. The summed E-state index contributed by atoms with van der Waals surface area (Å²) in [6.07, 6.45) is 1.05. The number of hydrogen-bond donors (Lipinski definition) is 1. The van der Waals surface area contributed by atoms with Crippen molar-refractivity contribution in [2.24, 2.45) is 11.1 Å². The molecule has 2 heterocycles. The van der Waals surface area contributed by atoms with Crippen LogP contribution < -0.4 is 5.73 Å². The number of piperazine rings is 1. The third-order valence-electron chi connectivity index (χ3n) is 5.66. The molecular weight excluding hydrogens is 355 g/mol. The van der Waals surface area contributed by atoms with Crippen LogP contribution in [0.2, 0.25) is 5.02 Å². The number of nitrogens with zero attached hydrogens (tertiary/aromatic N) is 3. The van der Waals surface area contributed by atoms with E-state index >= 15 is 0 Å². The Kier molecular flexibility index (Phi) is 6.17. The fraction of sp³-hybridized carbons (Fsp3) is 0.632. The van der Waals surface area contributed by atoms with E-state index < -0.39 is 0 Å². The van der Waals surface area contributed by atoms with Crippen LogP contribution in [0.25, 0.3) is 0 Å². The van der Waals surface area contributed by atoms with Crippen LogP contribution in [0.1, 0.15) is 18.9 Å². The Hall–Kier alpha value is -1.21. The molecule has 0 aromatic heterocycles. The van der Waals surface area contributed by atoms with Gasteiger partial charge in [0, 0.05) is 49.9 Å². The summed E-state index contributed by atoms with van der Waals surface area (Å²) in [5.41, 5.74) is 6.51. The Morgan fingerprint density at radius 3 is 2.58 bits per heavy atom. The van der Waals surface area contributed by atoms with Crippen LogP contribution >= 0.6 is 11.6 Å². The lowest BCUT2D eigenvalue weighted by Crippen LogP contribution is -2.51. The number of benzene rings is 1. The third-order valence-corrected chi connectivity index (χ3v) is 6.01. The first-order valence-electron chi connectivity index (χ1n) is 9.26. The van der Waals surface area contributed by atoms with Crippen LogP contribution in [0.3, 0.4) is 0 Å². The average molecular weight is 383 g/mol. The molecule has 2 N–H and O–H groups in total. The first kappa shape index (κ1) is 19.5. The number of carbonyl (C=O) groups is 1. The van der Waals surface area contributed by atoms with Crippen molar-refractivity contribution in [2.45, 2.75) is 19.9 Å². The minimum absolute atomic E-state index is 0.137. The third kappa shape index (κ3) is 4.55. The summed E-state index contributed by atoms with van der Waals surface area (Å²) in [6.45, 7) is 8.43. The second-order valence-electron chi connectivity index (χ2n) is 7.83. The van der Waals surface area contributed by atoms with Gasteiger partial charge in [0.15, 0.2) is 0 Å². The molecule has 1 unspecified atom stereocenters. The number of amides is 1. The smallest absolute Gasteiger partial charge is 0.236 e. The molecule has 0 radical (unpaired) electrons. The van der Waals surface area contributed by atoms with E-state index in [1.54, 1.807) is 12.1 Å². The Labute approximate surface area is 159 Å². The zero-order valence-corrected chi connectivity index (χ0v) is 16.1. The van der Waals surface area contributed by atoms with Gasteiger partial charge in [-0.05, 0) is 37.1 Å². The van der Waals surface area contributed by atoms with Gasteiger partial charge in [0.25, 0.3) is 0 Å². The Balaban J connectivity index is 1.47. The maximum Gasteiger partial charge on any atom is 0.236 e. The fourth-order valence-corrected chi connectivity index (χ4v) is 4.00. The second kappa shape index (κ2) is 8.21. The molecule has 1 aromatic rings. The summed E-state index contributed by atoms with van der Waals surface area (Å²) in [6, 6.07) is 4.77. The van der Waals surface area contributed by atoms with E-state index in [-0.39, 0.29) is 17.1 Å². The van der Waals surface area contributed by atoms with Crippen molar-refractivity contribution < 1.29 is 9.18 Å². The van der Waals surface area contributed by atoms with Crippen molar-refractivity contribution in [1.82, 2.24) is 14.7 Å². The summed E-state index contributed by atoms with van der Waals surface area (Å²) in [4.78, 5) is 18.9. The normalized spacial score (nSPS) is 25.0. The Morgan fingerprint density at radius 1 is 1.23 bits per heavy atom. The van der Waals surface area contributed by atoms with E-state index in [9.17, 15) is 9.18 Å². The number of likely N-dealkylation sites (tertiary alicyclic amines) is 1. The zero-order valence-electron chi connectivity index (χ0n) is 15.4. The standard InChI is InChI=1S/C19H28ClFN4O/c1-19(13-22)5-6-24(14-19)12-18(26)25-9-7-23(8-10-25)11-15-16(20)3-2-4-17(15)21/h2-4H,5-14,22H2,1H3. The number of rotatable bonds is 5. The predicted molar refractivity (Wildman–Crippen MR) is 101 cm³/mol. The first-order valence-corrected chi connectivity index (χ1v) is 9.63. The fourth-order valence-electron chi connectivity index (χ4n) is 3.78. The molecule has 2 fully saturated rings. The topological polar surface area (TPSA) is 52.8 Å².